The second-order valence-electron chi connectivity index (χ2n) is 5.96. The quantitative estimate of drug-likeness (QED) is 0.733. The van der Waals surface area contributed by atoms with Gasteiger partial charge in [-0.2, -0.15) is 0 Å². The Labute approximate surface area is 140 Å². The summed E-state index contributed by atoms with van der Waals surface area (Å²) in [4.78, 5) is 35.2. The van der Waals surface area contributed by atoms with Crippen LogP contribution in [0.4, 0.5) is 5.69 Å². The summed E-state index contributed by atoms with van der Waals surface area (Å²) in [6.07, 6.45) is 1.11. The van der Waals surface area contributed by atoms with Crippen molar-refractivity contribution in [2.24, 2.45) is 5.92 Å². The number of benzene rings is 1. The summed E-state index contributed by atoms with van der Waals surface area (Å²) in [5.74, 6) is -2.28. The standard InChI is InChI=1S/C17H22N2O5/c1-10(17(22)23)11(2)18-15(20)12-5-3-6-13(9-12)19-16(21)14-7-4-8-24-14/h3,5-6,9-11,14H,4,7-8H2,1-2H3,(H,18,20)(H,19,21)(H,22,23). The van der Waals surface area contributed by atoms with Gasteiger partial charge in [-0.3, -0.25) is 14.4 Å². The molecule has 7 nitrogen and oxygen atoms in total. The third kappa shape index (κ3) is 4.55. The van der Waals surface area contributed by atoms with E-state index in [4.69, 9.17) is 9.84 Å². The summed E-state index contributed by atoms with van der Waals surface area (Å²) in [5.41, 5.74) is 0.853. The minimum atomic E-state index is -0.972. The molecule has 1 saturated heterocycles. The zero-order valence-corrected chi connectivity index (χ0v) is 13.7. The molecule has 0 aliphatic carbocycles. The topological polar surface area (TPSA) is 105 Å². The Morgan fingerprint density at radius 3 is 2.67 bits per heavy atom. The Balaban J connectivity index is 1.99. The molecule has 3 N–H and O–H groups in total. The molecular weight excluding hydrogens is 312 g/mol. The second kappa shape index (κ2) is 7.92. The number of anilines is 1. The van der Waals surface area contributed by atoms with Crippen molar-refractivity contribution < 1.29 is 24.2 Å². The van der Waals surface area contributed by atoms with Crippen LogP contribution in [-0.2, 0) is 14.3 Å². The Morgan fingerprint density at radius 2 is 2.04 bits per heavy atom. The fourth-order valence-corrected chi connectivity index (χ4v) is 2.37. The number of hydrogen-bond donors (Lipinski definition) is 3. The summed E-state index contributed by atoms with van der Waals surface area (Å²) in [7, 11) is 0. The van der Waals surface area contributed by atoms with Crippen molar-refractivity contribution in [1.82, 2.24) is 5.32 Å². The van der Waals surface area contributed by atoms with Crippen molar-refractivity contribution in [1.29, 1.82) is 0 Å². The van der Waals surface area contributed by atoms with Crippen LogP contribution in [0.15, 0.2) is 24.3 Å². The average Bonchev–Trinajstić information content (AvgIpc) is 3.08. The van der Waals surface area contributed by atoms with Gasteiger partial charge >= 0.3 is 5.97 Å². The highest BCUT2D eigenvalue weighted by Crippen LogP contribution is 2.16. The minimum absolute atomic E-state index is 0.224. The normalized spacial score (nSPS) is 19.3. The summed E-state index contributed by atoms with van der Waals surface area (Å²) in [6.45, 7) is 3.76. The van der Waals surface area contributed by atoms with Crippen molar-refractivity contribution in [3.63, 3.8) is 0 Å². The third-order valence-electron chi connectivity index (χ3n) is 4.11. The fourth-order valence-electron chi connectivity index (χ4n) is 2.37. The van der Waals surface area contributed by atoms with Crippen molar-refractivity contribution in [2.75, 3.05) is 11.9 Å². The molecule has 2 amide bonds. The molecule has 1 fully saturated rings. The van der Waals surface area contributed by atoms with E-state index in [1.807, 2.05) is 0 Å². The molecular formula is C17H22N2O5. The highest BCUT2D eigenvalue weighted by molar-refractivity contribution is 5.98. The third-order valence-corrected chi connectivity index (χ3v) is 4.11. The molecule has 2 rings (SSSR count). The molecule has 3 atom stereocenters. The highest BCUT2D eigenvalue weighted by atomic mass is 16.5. The lowest BCUT2D eigenvalue weighted by Crippen LogP contribution is -2.40. The van der Waals surface area contributed by atoms with E-state index in [-0.39, 0.29) is 11.8 Å². The van der Waals surface area contributed by atoms with Crippen molar-refractivity contribution in [2.45, 2.75) is 38.8 Å². The Hall–Kier alpha value is -2.41. The molecule has 0 spiro atoms. The van der Waals surface area contributed by atoms with Gasteiger partial charge in [0, 0.05) is 23.9 Å². The van der Waals surface area contributed by atoms with Crippen LogP contribution in [0.2, 0.25) is 0 Å². The molecule has 0 bridgehead atoms. The molecule has 1 aliphatic heterocycles. The van der Waals surface area contributed by atoms with E-state index in [0.717, 1.165) is 6.42 Å². The van der Waals surface area contributed by atoms with E-state index < -0.39 is 24.0 Å². The van der Waals surface area contributed by atoms with Gasteiger partial charge in [0.15, 0.2) is 0 Å². The summed E-state index contributed by atoms with van der Waals surface area (Å²) in [6, 6.07) is 5.99. The zero-order chi connectivity index (χ0) is 17.7. The van der Waals surface area contributed by atoms with Gasteiger partial charge < -0.3 is 20.5 Å². The number of hydrogen-bond acceptors (Lipinski definition) is 4. The molecule has 0 saturated carbocycles. The summed E-state index contributed by atoms with van der Waals surface area (Å²) >= 11 is 0. The van der Waals surface area contributed by atoms with Crippen LogP contribution in [0.25, 0.3) is 0 Å². The number of carbonyl (C=O) groups is 3. The van der Waals surface area contributed by atoms with Crippen LogP contribution in [0.3, 0.4) is 0 Å². The first-order chi connectivity index (χ1) is 11.4. The van der Waals surface area contributed by atoms with Gasteiger partial charge in [-0.25, -0.2) is 0 Å². The van der Waals surface area contributed by atoms with Crippen molar-refractivity contribution >= 4 is 23.5 Å². The molecule has 130 valence electrons. The maximum absolute atomic E-state index is 12.2. The average molecular weight is 334 g/mol. The van der Waals surface area contributed by atoms with Gasteiger partial charge in [-0.1, -0.05) is 6.07 Å². The SMILES string of the molecule is CC(NC(=O)c1cccc(NC(=O)C2CCCO2)c1)C(C)C(=O)O. The molecule has 3 unspecified atom stereocenters. The zero-order valence-electron chi connectivity index (χ0n) is 13.7. The Morgan fingerprint density at radius 1 is 1.29 bits per heavy atom. The number of rotatable bonds is 6. The largest absolute Gasteiger partial charge is 0.481 e. The number of carboxylic acid groups (broad SMARTS) is 1. The van der Waals surface area contributed by atoms with E-state index in [0.29, 0.717) is 24.3 Å². The van der Waals surface area contributed by atoms with Gasteiger partial charge in [0.25, 0.3) is 11.8 Å². The first-order valence-corrected chi connectivity index (χ1v) is 7.94. The van der Waals surface area contributed by atoms with Crippen LogP contribution in [0.5, 0.6) is 0 Å². The van der Waals surface area contributed by atoms with Crippen LogP contribution in [0.1, 0.15) is 37.0 Å². The molecule has 1 aliphatic rings. The number of ether oxygens (including phenoxy) is 1. The molecule has 24 heavy (non-hydrogen) atoms. The highest BCUT2D eigenvalue weighted by Gasteiger charge is 2.24. The molecule has 1 heterocycles. The van der Waals surface area contributed by atoms with E-state index in [1.54, 1.807) is 31.2 Å². The number of aliphatic carboxylic acids is 1. The molecule has 7 heteroatoms. The van der Waals surface area contributed by atoms with E-state index >= 15 is 0 Å². The predicted octanol–water partition coefficient (Wildman–Crippen LogP) is 1.64. The Kier molecular flexibility index (Phi) is 5.92. The van der Waals surface area contributed by atoms with Crippen molar-refractivity contribution in [3.05, 3.63) is 29.8 Å². The molecule has 1 aromatic rings. The first-order valence-electron chi connectivity index (χ1n) is 7.94. The number of carboxylic acids is 1. The van der Waals surface area contributed by atoms with Gasteiger partial charge in [0.2, 0.25) is 0 Å². The minimum Gasteiger partial charge on any atom is -0.481 e. The van der Waals surface area contributed by atoms with Crippen molar-refractivity contribution in [3.8, 4) is 0 Å². The van der Waals surface area contributed by atoms with E-state index in [2.05, 4.69) is 10.6 Å². The van der Waals surface area contributed by atoms with Gasteiger partial charge in [0.1, 0.15) is 6.10 Å². The van der Waals surface area contributed by atoms with Gasteiger partial charge in [0.05, 0.1) is 5.92 Å². The maximum atomic E-state index is 12.2. The fraction of sp³-hybridized carbons (Fsp3) is 0.471. The van der Waals surface area contributed by atoms with E-state index in [1.165, 1.54) is 6.92 Å². The number of amides is 2. The lowest BCUT2D eigenvalue weighted by atomic mass is 10.0. The molecule has 0 radical (unpaired) electrons. The smallest absolute Gasteiger partial charge is 0.308 e. The number of carbonyl (C=O) groups excluding carboxylic acids is 2. The summed E-state index contributed by atoms with van der Waals surface area (Å²) in [5, 5.41) is 14.4. The first kappa shape index (κ1) is 17.9. The second-order valence-corrected chi connectivity index (χ2v) is 5.96. The number of nitrogens with one attached hydrogen (secondary N) is 2. The van der Waals surface area contributed by atoms with Crippen LogP contribution in [-0.4, -0.2) is 41.6 Å². The molecule has 1 aromatic carbocycles. The van der Waals surface area contributed by atoms with Crippen LogP contribution < -0.4 is 10.6 Å². The predicted molar refractivity (Wildman–Crippen MR) is 87.8 cm³/mol. The lowest BCUT2D eigenvalue weighted by Gasteiger charge is -2.18. The van der Waals surface area contributed by atoms with Crippen LogP contribution in [0, 0.1) is 5.92 Å². The van der Waals surface area contributed by atoms with Crippen LogP contribution >= 0.6 is 0 Å². The maximum Gasteiger partial charge on any atom is 0.308 e. The monoisotopic (exact) mass is 334 g/mol. The summed E-state index contributed by atoms with van der Waals surface area (Å²) < 4.78 is 5.32. The van der Waals surface area contributed by atoms with Gasteiger partial charge in [-0.05, 0) is 44.9 Å². The lowest BCUT2D eigenvalue weighted by molar-refractivity contribution is -0.141. The van der Waals surface area contributed by atoms with Gasteiger partial charge in [-0.15, -0.1) is 0 Å². The van der Waals surface area contributed by atoms with E-state index in [9.17, 15) is 14.4 Å². The molecule has 0 aromatic heterocycles. The Bertz CT molecular complexity index is 625.